The summed E-state index contributed by atoms with van der Waals surface area (Å²) in [7, 11) is 1.99. The fourth-order valence-electron chi connectivity index (χ4n) is 1.41. The van der Waals surface area contributed by atoms with Gasteiger partial charge in [-0.2, -0.15) is 0 Å². The van der Waals surface area contributed by atoms with Crippen molar-refractivity contribution in [2.75, 3.05) is 7.05 Å². The number of nitrogens with zero attached hydrogens (tertiary/aromatic N) is 2. The number of rotatable bonds is 1. The van der Waals surface area contributed by atoms with E-state index in [0.29, 0.717) is 6.04 Å². The molecule has 0 saturated carbocycles. The molecule has 0 unspecified atom stereocenters. The van der Waals surface area contributed by atoms with Crippen LogP contribution in [0.4, 0.5) is 5.69 Å². The standard InChI is InChI=1S/C11H14ClN3S/c1-7(2)13-11-14-9-5-4-8(12)6-10(9)16-15(11)3/h4-7H,1-3H3,(H,13,14). The second-order valence-corrected chi connectivity index (χ2v) is 5.54. The smallest absolute Gasteiger partial charge is 0.209 e. The third-order valence-electron chi connectivity index (χ3n) is 2.10. The topological polar surface area (TPSA) is 27.6 Å². The normalized spacial score (nSPS) is 14.8. The molecule has 0 fully saturated rings. The minimum absolute atomic E-state index is 0.371. The van der Waals surface area contributed by atoms with E-state index in [2.05, 4.69) is 24.2 Å². The van der Waals surface area contributed by atoms with Gasteiger partial charge >= 0.3 is 0 Å². The van der Waals surface area contributed by atoms with Crippen molar-refractivity contribution in [3.63, 3.8) is 0 Å². The molecule has 0 bridgehead atoms. The molecule has 0 saturated heterocycles. The molecule has 1 aromatic rings. The lowest BCUT2D eigenvalue weighted by Gasteiger charge is -2.27. The van der Waals surface area contributed by atoms with Crippen LogP contribution in [0.1, 0.15) is 13.8 Å². The van der Waals surface area contributed by atoms with Gasteiger partial charge < -0.3 is 5.32 Å². The van der Waals surface area contributed by atoms with Gasteiger partial charge in [-0.15, -0.1) is 0 Å². The molecular weight excluding hydrogens is 242 g/mol. The third kappa shape index (κ3) is 2.44. The molecule has 5 heteroatoms. The van der Waals surface area contributed by atoms with E-state index in [-0.39, 0.29) is 0 Å². The second kappa shape index (κ2) is 4.55. The largest absolute Gasteiger partial charge is 0.353 e. The fourth-order valence-corrected chi connectivity index (χ4v) is 2.51. The summed E-state index contributed by atoms with van der Waals surface area (Å²) in [6.45, 7) is 4.19. The van der Waals surface area contributed by atoms with Gasteiger partial charge in [0.25, 0.3) is 0 Å². The van der Waals surface area contributed by atoms with E-state index >= 15 is 0 Å². The lowest BCUT2D eigenvalue weighted by molar-refractivity contribution is 0.666. The lowest BCUT2D eigenvalue weighted by Crippen LogP contribution is -2.39. The van der Waals surface area contributed by atoms with Gasteiger partial charge in [-0.1, -0.05) is 11.6 Å². The van der Waals surface area contributed by atoms with Gasteiger partial charge in [0.05, 0.1) is 10.6 Å². The summed E-state index contributed by atoms with van der Waals surface area (Å²) in [5.41, 5.74) is 0.968. The van der Waals surface area contributed by atoms with Gasteiger partial charge in [0.15, 0.2) is 0 Å². The number of hydrogen-bond acceptors (Lipinski definition) is 4. The van der Waals surface area contributed by atoms with Crippen molar-refractivity contribution in [2.24, 2.45) is 4.99 Å². The molecule has 1 heterocycles. The molecule has 0 aliphatic carbocycles. The van der Waals surface area contributed by atoms with E-state index in [4.69, 9.17) is 11.6 Å². The minimum atomic E-state index is 0.371. The van der Waals surface area contributed by atoms with Gasteiger partial charge in [0, 0.05) is 18.1 Å². The zero-order valence-corrected chi connectivity index (χ0v) is 11.1. The van der Waals surface area contributed by atoms with Crippen LogP contribution in [0, 0.1) is 0 Å². The Morgan fingerprint density at radius 3 is 2.88 bits per heavy atom. The Bertz CT molecular complexity index is 431. The van der Waals surface area contributed by atoms with Crippen LogP contribution in [0.2, 0.25) is 5.02 Å². The molecule has 0 amide bonds. The second-order valence-electron chi connectivity index (χ2n) is 3.94. The number of fused-ring (bicyclic) bond motifs is 1. The molecular formula is C11H14ClN3S. The van der Waals surface area contributed by atoms with Crippen LogP contribution in [0.5, 0.6) is 0 Å². The fraction of sp³-hybridized carbons (Fsp3) is 0.364. The minimum Gasteiger partial charge on any atom is -0.353 e. The van der Waals surface area contributed by atoms with E-state index in [1.165, 1.54) is 0 Å². The van der Waals surface area contributed by atoms with Crippen molar-refractivity contribution in [1.82, 2.24) is 9.62 Å². The number of hydrogen-bond donors (Lipinski definition) is 1. The van der Waals surface area contributed by atoms with Crippen LogP contribution in [0.3, 0.4) is 0 Å². The summed E-state index contributed by atoms with van der Waals surface area (Å²) in [6.07, 6.45) is 0. The average Bonchev–Trinajstić information content (AvgIpc) is 2.19. The first-order valence-electron chi connectivity index (χ1n) is 5.13. The Morgan fingerprint density at radius 2 is 2.19 bits per heavy atom. The Hall–Kier alpha value is -0.870. The number of benzene rings is 1. The highest BCUT2D eigenvalue weighted by Gasteiger charge is 2.18. The van der Waals surface area contributed by atoms with Gasteiger partial charge in [0.1, 0.15) is 0 Å². The van der Waals surface area contributed by atoms with Gasteiger partial charge in [-0.05, 0) is 44.0 Å². The predicted octanol–water partition coefficient (Wildman–Crippen LogP) is 3.28. The lowest BCUT2D eigenvalue weighted by atomic mass is 10.3. The van der Waals surface area contributed by atoms with E-state index in [9.17, 15) is 0 Å². The summed E-state index contributed by atoms with van der Waals surface area (Å²) in [4.78, 5) is 5.65. The highest BCUT2D eigenvalue weighted by Crippen LogP contribution is 2.37. The first-order valence-corrected chi connectivity index (χ1v) is 6.28. The summed E-state index contributed by atoms with van der Waals surface area (Å²) in [6, 6.07) is 6.12. The van der Waals surface area contributed by atoms with Crippen molar-refractivity contribution in [1.29, 1.82) is 0 Å². The third-order valence-corrected chi connectivity index (χ3v) is 3.31. The maximum Gasteiger partial charge on any atom is 0.209 e. The summed E-state index contributed by atoms with van der Waals surface area (Å²) >= 11 is 7.58. The SMILES string of the molecule is CC(C)NC1=Nc2ccc(Cl)cc2SN1C. The summed E-state index contributed by atoms with van der Waals surface area (Å²) < 4.78 is 2.01. The predicted molar refractivity (Wildman–Crippen MR) is 70.4 cm³/mol. The molecule has 0 atom stereocenters. The molecule has 1 aliphatic rings. The van der Waals surface area contributed by atoms with Gasteiger partial charge in [-0.25, -0.2) is 4.99 Å². The first kappa shape index (κ1) is 11.6. The first-order chi connectivity index (χ1) is 7.56. The maximum atomic E-state index is 5.95. The van der Waals surface area contributed by atoms with Crippen molar-refractivity contribution in [3.8, 4) is 0 Å². The molecule has 0 spiro atoms. The highest BCUT2D eigenvalue weighted by molar-refractivity contribution is 7.97. The van der Waals surface area contributed by atoms with Crippen LogP contribution in [0.25, 0.3) is 0 Å². The van der Waals surface area contributed by atoms with E-state index < -0.39 is 0 Å². The van der Waals surface area contributed by atoms with Crippen molar-refractivity contribution in [3.05, 3.63) is 23.2 Å². The molecule has 0 radical (unpaired) electrons. The molecule has 2 rings (SSSR count). The van der Waals surface area contributed by atoms with Crippen LogP contribution >= 0.6 is 23.5 Å². The van der Waals surface area contributed by atoms with Gasteiger partial charge in [-0.3, -0.25) is 4.31 Å². The molecule has 1 aromatic carbocycles. The zero-order chi connectivity index (χ0) is 11.7. The van der Waals surface area contributed by atoms with E-state index in [0.717, 1.165) is 21.6 Å². The molecule has 86 valence electrons. The molecule has 0 aromatic heterocycles. The Kier molecular flexibility index (Phi) is 3.30. The van der Waals surface area contributed by atoms with E-state index in [1.807, 2.05) is 29.6 Å². The molecule has 16 heavy (non-hydrogen) atoms. The number of aliphatic imine (C=N–C) groups is 1. The van der Waals surface area contributed by atoms with Crippen LogP contribution in [-0.2, 0) is 0 Å². The van der Waals surface area contributed by atoms with Crippen LogP contribution < -0.4 is 5.32 Å². The van der Waals surface area contributed by atoms with Gasteiger partial charge in [0.2, 0.25) is 5.96 Å². The van der Waals surface area contributed by atoms with Crippen molar-refractivity contribution >= 4 is 35.2 Å². The Labute approximate surface area is 105 Å². The maximum absolute atomic E-state index is 5.95. The van der Waals surface area contributed by atoms with Crippen LogP contribution in [0.15, 0.2) is 28.1 Å². The van der Waals surface area contributed by atoms with E-state index in [1.54, 1.807) is 11.9 Å². The zero-order valence-electron chi connectivity index (χ0n) is 9.49. The highest BCUT2D eigenvalue weighted by atomic mass is 35.5. The molecule has 1 aliphatic heterocycles. The molecule has 3 nitrogen and oxygen atoms in total. The average molecular weight is 256 g/mol. The van der Waals surface area contributed by atoms with Crippen molar-refractivity contribution < 1.29 is 0 Å². The Balaban J connectivity index is 2.33. The number of guanidine groups is 1. The Morgan fingerprint density at radius 1 is 1.44 bits per heavy atom. The summed E-state index contributed by atoms with van der Waals surface area (Å²) in [5.74, 6) is 0.884. The van der Waals surface area contributed by atoms with Crippen molar-refractivity contribution in [2.45, 2.75) is 24.8 Å². The monoisotopic (exact) mass is 255 g/mol. The number of nitrogens with one attached hydrogen (secondary N) is 1. The quantitative estimate of drug-likeness (QED) is 0.781. The summed E-state index contributed by atoms with van der Waals surface area (Å²) in [5, 5.41) is 4.05. The molecule has 1 N–H and O–H groups in total. The van der Waals surface area contributed by atoms with Crippen LogP contribution in [-0.4, -0.2) is 23.4 Å². The number of halogens is 1.